The number of nitrogens with zero attached hydrogens (tertiary/aromatic N) is 1. The number of carbonyl (C=O) groups excluding carboxylic acids is 1. The number of hydrogen-bond acceptors (Lipinski definition) is 3. The number of hydrogen-bond donors (Lipinski definition) is 2. The molecule has 0 spiro atoms. The number of nitrogens with one attached hydrogen (secondary N) is 1. The van der Waals surface area contributed by atoms with Crippen LogP contribution in [0.2, 0.25) is 5.02 Å². The topological polar surface area (TPSA) is 58.4 Å². The van der Waals surface area contributed by atoms with Gasteiger partial charge in [0.15, 0.2) is 0 Å². The number of rotatable bonds is 8. The highest BCUT2D eigenvalue weighted by molar-refractivity contribution is 6.33. The van der Waals surface area contributed by atoms with Crippen molar-refractivity contribution in [3.05, 3.63) is 28.8 Å². The molecule has 0 aliphatic rings. The number of benzene rings is 1. The van der Waals surface area contributed by atoms with E-state index in [0.717, 1.165) is 30.8 Å². The van der Waals surface area contributed by atoms with E-state index in [1.54, 1.807) is 0 Å². The molecule has 20 heavy (non-hydrogen) atoms. The molecule has 0 bridgehead atoms. The number of carbonyl (C=O) groups is 1. The summed E-state index contributed by atoms with van der Waals surface area (Å²) in [6.45, 7) is 8.02. The van der Waals surface area contributed by atoms with Crippen molar-refractivity contribution in [3.63, 3.8) is 0 Å². The molecule has 0 atom stereocenters. The van der Waals surface area contributed by atoms with E-state index in [1.165, 1.54) is 0 Å². The number of primary amides is 1. The number of nitrogens with two attached hydrogens (primary N) is 1. The Bertz CT molecular complexity index is 449. The first-order valence-electron chi connectivity index (χ1n) is 7.00. The molecule has 0 fully saturated rings. The standard InChI is InChI=1S/C15H24ClN3O/c1-4-8-18-9-12-6-5-7-13(16)15(12)19(11(2)3)10-14(17)20/h5-7,11,18H,4,8-10H2,1-3H3,(H2,17,20). The molecule has 0 aliphatic carbocycles. The minimum absolute atomic E-state index is 0.146. The molecule has 1 rings (SSSR count). The molecule has 0 radical (unpaired) electrons. The predicted molar refractivity (Wildman–Crippen MR) is 85.1 cm³/mol. The van der Waals surface area contributed by atoms with Gasteiger partial charge in [0.25, 0.3) is 0 Å². The van der Waals surface area contributed by atoms with Crippen LogP contribution in [0.4, 0.5) is 5.69 Å². The maximum atomic E-state index is 11.3. The van der Waals surface area contributed by atoms with E-state index in [4.69, 9.17) is 17.3 Å². The first-order valence-corrected chi connectivity index (χ1v) is 7.38. The molecule has 0 saturated carbocycles. The van der Waals surface area contributed by atoms with E-state index in [-0.39, 0.29) is 18.5 Å². The van der Waals surface area contributed by atoms with E-state index in [0.29, 0.717) is 5.02 Å². The van der Waals surface area contributed by atoms with Gasteiger partial charge >= 0.3 is 0 Å². The molecular formula is C15H24ClN3O. The number of amides is 1. The first-order chi connectivity index (χ1) is 9.47. The molecule has 112 valence electrons. The average Bonchev–Trinajstić information content (AvgIpc) is 2.36. The molecule has 0 heterocycles. The monoisotopic (exact) mass is 297 g/mol. The lowest BCUT2D eigenvalue weighted by molar-refractivity contribution is -0.116. The second-order valence-electron chi connectivity index (χ2n) is 5.11. The summed E-state index contributed by atoms with van der Waals surface area (Å²) in [5.41, 5.74) is 7.33. The molecule has 1 amide bonds. The van der Waals surface area contributed by atoms with Crippen LogP contribution in [0.3, 0.4) is 0 Å². The highest BCUT2D eigenvalue weighted by Crippen LogP contribution is 2.31. The smallest absolute Gasteiger partial charge is 0.236 e. The molecule has 0 aliphatic heterocycles. The highest BCUT2D eigenvalue weighted by Gasteiger charge is 2.19. The summed E-state index contributed by atoms with van der Waals surface area (Å²) in [7, 11) is 0. The zero-order valence-corrected chi connectivity index (χ0v) is 13.2. The van der Waals surface area contributed by atoms with Crippen LogP contribution in [-0.4, -0.2) is 25.0 Å². The van der Waals surface area contributed by atoms with Crippen LogP contribution < -0.4 is 16.0 Å². The van der Waals surface area contributed by atoms with Crippen molar-refractivity contribution in [2.45, 2.75) is 39.8 Å². The second kappa shape index (κ2) is 8.12. The van der Waals surface area contributed by atoms with Gasteiger partial charge in [-0.1, -0.05) is 30.7 Å². The van der Waals surface area contributed by atoms with Crippen LogP contribution >= 0.6 is 11.6 Å². The molecular weight excluding hydrogens is 274 g/mol. The quantitative estimate of drug-likeness (QED) is 0.725. The van der Waals surface area contributed by atoms with Crippen molar-refractivity contribution >= 4 is 23.2 Å². The molecule has 5 heteroatoms. The molecule has 0 aromatic heterocycles. The fraction of sp³-hybridized carbons (Fsp3) is 0.533. The zero-order valence-electron chi connectivity index (χ0n) is 12.4. The van der Waals surface area contributed by atoms with Crippen molar-refractivity contribution < 1.29 is 4.79 Å². The lowest BCUT2D eigenvalue weighted by Crippen LogP contribution is -2.39. The van der Waals surface area contributed by atoms with Gasteiger partial charge in [-0.05, 0) is 38.4 Å². The third kappa shape index (κ3) is 4.69. The van der Waals surface area contributed by atoms with Crippen molar-refractivity contribution in [3.8, 4) is 0 Å². The van der Waals surface area contributed by atoms with Gasteiger partial charge in [0.1, 0.15) is 0 Å². The number of anilines is 1. The van der Waals surface area contributed by atoms with E-state index in [1.807, 2.05) is 36.9 Å². The van der Waals surface area contributed by atoms with Crippen LogP contribution in [0, 0.1) is 0 Å². The van der Waals surface area contributed by atoms with Gasteiger partial charge in [0.05, 0.1) is 17.3 Å². The van der Waals surface area contributed by atoms with Gasteiger partial charge in [-0.2, -0.15) is 0 Å². The summed E-state index contributed by atoms with van der Waals surface area (Å²) in [6.07, 6.45) is 1.07. The molecule has 0 saturated heterocycles. The fourth-order valence-corrected chi connectivity index (χ4v) is 2.41. The normalized spacial score (nSPS) is 10.8. The maximum absolute atomic E-state index is 11.3. The minimum atomic E-state index is -0.355. The highest BCUT2D eigenvalue weighted by atomic mass is 35.5. The van der Waals surface area contributed by atoms with Crippen molar-refractivity contribution in [1.82, 2.24) is 5.32 Å². The average molecular weight is 298 g/mol. The van der Waals surface area contributed by atoms with Gasteiger partial charge in [-0.3, -0.25) is 4.79 Å². The van der Waals surface area contributed by atoms with Crippen molar-refractivity contribution in [2.75, 3.05) is 18.0 Å². The van der Waals surface area contributed by atoms with Crippen LogP contribution in [0.5, 0.6) is 0 Å². The summed E-state index contributed by atoms with van der Waals surface area (Å²) < 4.78 is 0. The van der Waals surface area contributed by atoms with Gasteiger partial charge < -0.3 is 16.0 Å². The van der Waals surface area contributed by atoms with E-state index in [2.05, 4.69) is 12.2 Å². The lowest BCUT2D eigenvalue weighted by atomic mass is 10.1. The van der Waals surface area contributed by atoms with Gasteiger partial charge in [0.2, 0.25) is 5.91 Å². The summed E-state index contributed by atoms with van der Waals surface area (Å²) in [4.78, 5) is 13.2. The lowest BCUT2D eigenvalue weighted by Gasteiger charge is -2.30. The summed E-state index contributed by atoms with van der Waals surface area (Å²) in [5, 5.41) is 4.01. The molecule has 1 aromatic carbocycles. The Labute approximate surface area is 126 Å². The van der Waals surface area contributed by atoms with Crippen molar-refractivity contribution in [2.24, 2.45) is 5.73 Å². The summed E-state index contributed by atoms with van der Waals surface area (Å²) in [5.74, 6) is -0.355. The Morgan fingerprint density at radius 1 is 1.45 bits per heavy atom. The second-order valence-corrected chi connectivity index (χ2v) is 5.52. The molecule has 1 aromatic rings. The Hall–Kier alpha value is -1.26. The maximum Gasteiger partial charge on any atom is 0.236 e. The van der Waals surface area contributed by atoms with Gasteiger partial charge in [0, 0.05) is 12.6 Å². The molecule has 3 N–H and O–H groups in total. The largest absolute Gasteiger partial charge is 0.368 e. The first kappa shape index (κ1) is 16.8. The Morgan fingerprint density at radius 2 is 2.15 bits per heavy atom. The molecule has 0 unspecified atom stereocenters. The number of halogens is 1. The minimum Gasteiger partial charge on any atom is -0.368 e. The summed E-state index contributed by atoms with van der Waals surface area (Å²) >= 11 is 6.34. The van der Waals surface area contributed by atoms with Crippen molar-refractivity contribution in [1.29, 1.82) is 0 Å². The van der Waals surface area contributed by atoms with Gasteiger partial charge in [-0.25, -0.2) is 0 Å². The predicted octanol–water partition coefficient (Wildman–Crippen LogP) is 2.54. The Morgan fingerprint density at radius 3 is 2.70 bits per heavy atom. The third-order valence-electron chi connectivity index (χ3n) is 3.05. The Kier molecular flexibility index (Phi) is 6.82. The van der Waals surface area contributed by atoms with Crippen LogP contribution in [0.25, 0.3) is 0 Å². The number of para-hydroxylation sites is 1. The summed E-state index contributed by atoms with van der Waals surface area (Å²) in [6, 6.07) is 5.95. The fourth-order valence-electron chi connectivity index (χ4n) is 2.11. The van der Waals surface area contributed by atoms with Crippen LogP contribution in [0.1, 0.15) is 32.8 Å². The van der Waals surface area contributed by atoms with Crippen LogP contribution in [0.15, 0.2) is 18.2 Å². The van der Waals surface area contributed by atoms with E-state index >= 15 is 0 Å². The zero-order chi connectivity index (χ0) is 15.1. The van der Waals surface area contributed by atoms with E-state index in [9.17, 15) is 4.79 Å². The SMILES string of the molecule is CCCNCc1cccc(Cl)c1N(CC(N)=O)C(C)C. The van der Waals surface area contributed by atoms with Crippen LogP contribution in [-0.2, 0) is 11.3 Å². The molecule has 4 nitrogen and oxygen atoms in total. The third-order valence-corrected chi connectivity index (χ3v) is 3.35. The van der Waals surface area contributed by atoms with Gasteiger partial charge in [-0.15, -0.1) is 0 Å². The Balaban J connectivity index is 3.07. The van der Waals surface area contributed by atoms with E-state index < -0.39 is 0 Å².